The van der Waals surface area contributed by atoms with Gasteiger partial charge in [0.1, 0.15) is 0 Å². The fourth-order valence-corrected chi connectivity index (χ4v) is 6.31. The van der Waals surface area contributed by atoms with Crippen LogP contribution in [0.15, 0.2) is 75.5 Å². The van der Waals surface area contributed by atoms with Crippen LogP contribution in [0.5, 0.6) is 0 Å². The van der Waals surface area contributed by atoms with Gasteiger partial charge < -0.3 is 10.2 Å². The van der Waals surface area contributed by atoms with Crippen molar-refractivity contribution in [2.24, 2.45) is 0 Å². The lowest BCUT2D eigenvalue weighted by molar-refractivity contribution is 0.0787. The molecular weight excluding hydrogens is 558 g/mol. The minimum absolute atomic E-state index is 0.0434. The number of aromatic nitrogens is 1. The van der Waals surface area contributed by atoms with Gasteiger partial charge in [-0.05, 0) is 55.3 Å². The molecule has 1 saturated heterocycles. The summed E-state index contributed by atoms with van der Waals surface area (Å²) in [4.78, 5) is 44.9. The molecule has 0 radical (unpaired) electrons. The Bertz CT molecular complexity index is 1450. The molecule has 0 atom stereocenters. The Labute approximate surface area is 225 Å². The van der Waals surface area contributed by atoms with Crippen molar-refractivity contribution in [3.05, 3.63) is 87.9 Å². The maximum atomic E-state index is 13.1. The van der Waals surface area contributed by atoms with E-state index in [1.54, 1.807) is 47.4 Å². The standard InChI is InChI=1S/C27H22BrN3O3S2/c28-18-9-7-17(8-10-18)23(32)16-35-27-30-22-12-11-19(15-24(22)36-27)29-25(33)20-5-1-2-6-21(20)26(34)31-13-3-4-14-31/h1-2,5-12,15H,3-4,13-14,16H2,(H,29,33). The van der Waals surface area contributed by atoms with Crippen molar-refractivity contribution < 1.29 is 14.4 Å². The van der Waals surface area contributed by atoms with Gasteiger partial charge in [0, 0.05) is 28.8 Å². The molecule has 1 aromatic heterocycles. The quantitative estimate of drug-likeness (QED) is 0.199. The van der Waals surface area contributed by atoms with Crippen molar-refractivity contribution in [3.8, 4) is 0 Å². The molecule has 2 heterocycles. The first-order chi connectivity index (χ1) is 17.5. The summed E-state index contributed by atoms with van der Waals surface area (Å²) in [5.41, 5.74) is 2.88. The third-order valence-corrected chi connectivity index (χ3v) is 8.60. The molecule has 0 saturated carbocycles. The van der Waals surface area contributed by atoms with E-state index in [1.807, 2.05) is 24.3 Å². The van der Waals surface area contributed by atoms with Crippen molar-refractivity contribution in [1.82, 2.24) is 9.88 Å². The van der Waals surface area contributed by atoms with Crippen LogP contribution in [0.2, 0.25) is 0 Å². The number of amides is 2. The second-order valence-electron chi connectivity index (χ2n) is 8.38. The number of fused-ring (bicyclic) bond motifs is 1. The summed E-state index contributed by atoms with van der Waals surface area (Å²) < 4.78 is 2.63. The minimum Gasteiger partial charge on any atom is -0.339 e. The molecule has 0 unspecified atom stereocenters. The zero-order valence-electron chi connectivity index (χ0n) is 19.2. The number of hydrogen-bond donors (Lipinski definition) is 1. The van der Waals surface area contributed by atoms with Gasteiger partial charge in [0.25, 0.3) is 11.8 Å². The average molecular weight is 581 g/mol. The van der Waals surface area contributed by atoms with Crippen LogP contribution in [0.1, 0.15) is 43.9 Å². The van der Waals surface area contributed by atoms with Gasteiger partial charge in [0.15, 0.2) is 10.1 Å². The second-order valence-corrected chi connectivity index (χ2v) is 11.5. The molecule has 5 rings (SSSR count). The van der Waals surface area contributed by atoms with Gasteiger partial charge in [-0.2, -0.15) is 0 Å². The Hall–Kier alpha value is -3.01. The van der Waals surface area contributed by atoms with Crippen LogP contribution in [0.3, 0.4) is 0 Å². The fraction of sp³-hybridized carbons (Fsp3) is 0.185. The number of rotatable bonds is 7. The van der Waals surface area contributed by atoms with Crippen LogP contribution < -0.4 is 5.32 Å². The molecule has 6 nitrogen and oxygen atoms in total. The normalized spacial score (nSPS) is 13.2. The number of halogens is 1. The van der Waals surface area contributed by atoms with Gasteiger partial charge in [-0.3, -0.25) is 14.4 Å². The SMILES string of the molecule is O=C(CSc1nc2ccc(NC(=O)c3ccccc3C(=O)N3CCCC3)cc2s1)c1ccc(Br)cc1. The summed E-state index contributed by atoms with van der Waals surface area (Å²) in [6.07, 6.45) is 1.99. The van der Waals surface area contributed by atoms with Crippen LogP contribution in [0, 0.1) is 0 Å². The van der Waals surface area contributed by atoms with E-state index in [1.165, 1.54) is 23.1 Å². The second kappa shape index (κ2) is 10.9. The predicted molar refractivity (Wildman–Crippen MR) is 148 cm³/mol. The lowest BCUT2D eigenvalue weighted by Gasteiger charge is -2.17. The van der Waals surface area contributed by atoms with Crippen molar-refractivity contribution in [2.45, 2.75) is 17.2 Å². The summed E-state index contributed by atoms with van der Waals surface area (Å²) in [5, 5.41) is 2.93. The zero-order valence-corrected chi connectivity index (χ0v) is 22.4. The lowest BCUT2D eigenvalue weighted by Crippen LogP contribution is -2.29. The van der Waals surface area contributed by atoms with Gasteiger partial charge in [-0.1, -0.05) is 52.0 Å². The molecule has 0 bridgehead atoms. The Morgan fingerprint density at radius 1 is 0.972 bits per heavy atom. The topological polar surface area (TPSA) is 79.4 Å². The first-order valence-corrected chi connectivity index (χ1v) is 14.1. The highest BCUT2D eigenvalue weighted by Crippen LogP contribution is 2.32. The number of carbonyl (C=O) groups excluding carboxylic acids is 3. The molecule has 1 fully saturated rings. The van der Waals surface area contributed by atoms with Crippen LogP contribution in [-0.4, -0.2) is 46.3 Å². The average Bonchev–Trinajstić information content (AvgIpc) is 3.57. The molecule has 1 aliphatic heterocycles. The summed E-state index contributed by atoms with van der Waals surface area (Å²) in [7, 11) is 0. The third-order valence-electron chi connectivity index (χ3n) is 5.91. The maximum absolute atomic E-state index is 13.1. The number of hydrogen-bond acceptors (Lipinski definition) is 6. The highest BCUT2D eigenvalue weighted by molar-refractivity contribution is 9.10. The predicted octanol–water partition coefficient (Wildman–Crippen LogP) is 6.52. The van der Waals surface area contributed by atoms with E-state index in [4.69, 9.17) is 0 Å². The van der Waals surface area contributed by atoms with E-state index in [2.05, 4.69) is 26.2 Å². The molecule has 4 aromatic rings. The van der Waals surface area contributed by atoms with Crippen molar-refractivity contribution in [1.29, 1.82) is 0 Å². The van der Waals surface area contributed by atoms with Crippen molar-refractivity contribution >= 4 is 72.5 Å². The van der Waals surface area contributed by atoms with E-state index in [-0.39, 0.29) is 17.6 Å². The van der Waals surface area contributed by atoms with Crippen molar-refractivity contribution in [2.75, 3.05) is 24.2 Å². The van der Waals surface area contributed by atoms with Crippen LogP contribution in [-0.2, 0) is 0 Å². The first kappa shape index (κ1) is 24.7. The highest BCUT2D eigenvalue weighted by Gasteiger charge is 2.24. The molecule has 3 aromatic carbocycles. The molecule has 1 aliphatic rings. The van der Waals surface area contributed by atoms with E-state index in [9.17, 15) is 14.4 Å². The Morgan fingerprint density at radius 2 is 1.69 bits per heavy atom. The number of nitrogens with one attached hydrogen (secondary N) is 1. The highest BCUT2D eigenvalue weighted by atomic mass is 79.9. The Balaban J connectivity index is 1.27. The van der Waals surface area contributed by atoms with Crippen LogP contribution in [0.4, 0.5) is 5.69 Å². The van der Waals surface area contributed by atoms with E-state index in [0.717, 1.165) is 45.0 Å². The van der Waals surface area contributed by atoms with Crippen LogP contribution in [0.25, 0.3) is 10.2 Å². The largest absolute Gasteiger partial charge is 0.339 e. The maximum Gasteiger partial charge on any atom is 0.256 e. The summed E-state index contributed by atoms with van der Waals surface area (Å²) >= 11 is 6.26. The molecule has 0 spiro atoms. The number of thiazole rings is 1. The fourth-order valence-electron chi connectivity index (χ4n) is 4.05. The summed E-state index contributed by atoms with van der Waals surface area (Å²) in [6, 6.07) is 19.8. The minimum atomic E-state index is -0.322. The Kier molecular flexibility index (Phi) is 7.50. The zero-order chi connectivity index (χ0) is 25.1. The number of benzene rings is 3. The molecule has 9 heteroatoms. The van der Waals surface area contributed by atoms with Gasteiger partial charge in [0.05, 0.1) is 27.1 Å². The molecule has 2 amide bonds. The number of likely N-dealkylation sites (tertiary alicyclic amines) is 1. The number of thioether (sulfide) groups is 1. The van der Waals surface area contributed by atoms with Crippen LogP contribution >= 0.6 is 39.0 Å². The first-order valence-electron chi connectivity index (χ1n) is 11.5. The third kappa shape index (κ3) is 5.53. The summed E-state index contributed by atoms with van der Waals surface area (Å²) in [6.45, 7) is 1.46. The number of Topliss-reactive ketones (excluding diaryl/α,β-unsaturated/α-hetero) is 1. The number of anilines is 1. The van der Waals surface area contributed by atoms with E-state index < -0.39 is 0 Å². The van der Waals surface area contributed by atoms with Gasteiger partial charge in [0.2, 0.25) is 0 Å². The van der Waals surface area contributed by atoms with E-state index >= 15 is 0 Å². The number of carbonyl (C=O) groups is 3. The van der Waals surface area contributed by atoms with E-state index in [0.29, 0.717) is 28.1 Å². The lowest BCUT2D eigenvalue weighted by atomic mass is 10.1. The van der Waals surface area contributed by atoms with Gasteiger partial charge >= 0.3 is 0 Å². The molecule has 182 valence electrons. The molecule has 36 heavy (non-hydrogen) atoms. The Morgan fingerprint density at radius 3 is 2.44 bits per heavy atom. The van der Waals surface area contributed by atoms with Gasteiger partial charge in [-0.25, -0.2) is 4.98 Å². The molecule has 1 N–H and O–H groups in total. The summed E-state index contributed by atoms with van der Waals surface area (Å²) in [5.74, 6) is -0.0820. The number of nitrogens with zero attached hydrogens (tertiary/aromatic N) is 2. The number of ketones is 1. The van der Waals surface area contributed by atoms with Gasteiger partial charge in [-0.15, -0.1) is 11.3 Å². The smallest absolute Gasteiger partial charge is 0.256 e. The molecular formula is C27H22BrN3O3S2. The monoisotopic (exact) mass is 579 g/mol. The van der Waals surface area contributed by atoms with Crippen molar-refractivity contribution in [3.63, 3.8) is 0 Å². The molecule has 0 aliphatic carbocycles.